The second-order valence-corrected chi connectivity index (χ2v) is 3.43. The number of benzene rings is 1. The normalized spacial score (nSPS) is 10.1. The minimum atomic E-state index is -0.202. The monoisotopic (exact) mass is 226 g/mol. The van der Waals surface area contributed by atoms with Gasteiger partial charge in [-0.1, -0.05) is 18.2 Å². The Kier molecular flexibility index (Phi) is 5.50. The van der Waals surface area contributed by atoms with Gasteiger partial charge in [-0.2, -0.15) is 0 Å². The first-order valence-corrected chi connectivity index (χ1v) is 5.44. The Labute approximate surface area is 94.6 Å². The summed E-state index contributed by atoms with van der Waals surface area (Å²) in [4.78, 5) is 11.0. The van der Waals surface area contributed by atoms with Gasteiger partial charge in [0, 0.05) is 5.56 Å². The smallest absolute Gasteiger partial charge is 0.311 e. The summed E-state index contributed by atoms with van der Waals surface area (Å²) in [5.74, 6) is -0.401. The van der Waals surface area contributed by atoms with E-state index >= 15 is 0 Å². The molecule has 0 atom stereocenters. The van der Waals surface area contributed by atoms with Crippen LogP contribution in [0.3, 0.4) is 0 Å². The van der Waals surface area contributed by atoms with Gasteiger partial charge in [0.25, 0.3) is 0 Å². The summed E-state index contributed by atoms with van der Waals surface area (Å²) < 4.78 is 18.0. The van der Waals surface area contributed by atoms with Crippen LogP contribution in [0.2, 0.25) is 0 Å². The summed E-state index contributed by atoms with van der Waals surface area (Å²) in [6, 6.07) is 6.65. The van der Waals surface area contributed by atoms with Crippen molar-refractivity contribution in [2.45, 2.75) is 19.9 Å². The Morgan fingerprint density at radius 3 is 2.88 bits per heavy atom. The summed E-state index contributed by atoms with van der Waals surface area (Å²) in [7, 11) is 0. The lowest BCUT2D eigenvalue weighted by molar-refractivity contribution is -0.669. The van der Waals surface area contributed by atoms with Crippen LogP contribution in [-0.2, 0) is 16.1 Å². The molecule has 0 spiro atoms. The van der Waals surface area contributed by atoms with Crippen molar-refractivity contribution < 1.29 is 19.2 Å². The Balaban J connectivity index is 2.21. The average molecular weight is 226 g/mol. The molecule has 1 aromatic carbocycles. The Bertz CT molecular complexity index is 342. The van der Waals surface area contributed by atoms with Crippen LogP contribution in [0.15, 0.2) is 24.3 Å². The fourth-order valence-electron chi connectivity index (χ4n) is 1.37. The molecule has 0 fully saturated rings. The number of hydrogen-bond acceptors (Lipinski definition) is 2. The molecule has 1 aromatic rings. The lowest BCUT2D eigenvalue weighted by Gasteiger charge is -2.03. The fraction of sp³-hybridized carbons (Fsp3) is 0.417. The summed E-state index contributed by atoms with van der Waals surface area (Å²) >= 11 is 0. The second-order valence-electron chi connectivity index (χ2n) is 3.43. The van der Waals surface area contributed by atoms with Crippen LogP contribution in [0.5, 0.6) is 0 Å². The molecule has 0 aliphatic heterocycles. The molecule has 4 heteroatoms. The van der Waals surface area contributed by atoms with E-state index in [2.05, 4.69) is 0 Å². The summed E-state index contributed by atoms with van der Waals surface area (Å²) in [6.45, 7) is 3.35. The lowest BCUT2D eigenvalue weighted by atomic mass is 10.2. The molecule has 0 aliphatic carbocycles. The van der Waals surface area contributed by atoms with E-state index in [1.165, 1.54) is 6.07 Å². The number of halogens is 1. The van der Waals surface area contributed by atoms with Gasteiger partial charge >= 0.3 is 5.97 Å². The molecule has 0 amide bonds. The lowest BCUT2D eigenvalue weighted by Crippen LogP contribution is -2.82. The highest BCUT2D eigenvalue weighted by Crippen LogP contribution is 2.03. The number of hydrogen-bond donors (Lipinski definition) is 1. The van der Waals surface area contributed by atoms with Gasteiger partial charge in [0.05, 0.1) is 19.6 Å². The third-order valence-corrected chi connectivity index (χ3v) is 2.18. The highest BCUT2D eigenvalue weighted by molar-refractivity contribution is 5.69. The highest BCUT2D eigenvalue weighted by Gasteiger charge is 2.05. The molecule has 3 nitrogen and oxygen atoms in total. The fourth-order valence-corrected chi connectivity index (χ4v) is 1.37. The maximum absolute atomic E-state index is 13.2. The van der Waals surface area contributed by atoms with Crippen molar-refractivity contribution in [1.29, 1.82) is 0 Å². The van der Waals surface area contributed by atoms with Crippen LogP contribution in [-0.4, -0.2) is 19.1 Å². The molecular weight excluding hydrogens is 209 g/mol. The molecule has 88 valence electrons. The molecule has 0 aromatic heterocycles. The zero-order valence-electron chi connectivity index (χ0n) is 9.41. The van der Waals surface area contributed by atoms with E-state index in [0.717, 1.165) is 0 Å². The molecule has 0 aliphatic rings. The van der Waals surface area contributed by atoms with Crippen molar-refractivity contribution in [3.05, 3.63) is 35.6 Å². The minimum Gasteiger partial charge on any atom is -0.466 e. The molecule has 0 heterocycles. The zero-order chi connectivity index (χ0) is 11.8. The molecule has 1 rings (SSSR count). The zero-order valence-corrected chi connectivity index (χ0v) is 9.41. The summed E-state index contributed by atoms with van der Waals surface area (Å²) in [6.07, 6.45) is 0.363. The summed E-state index contributed by atoms with van der Waals surface area (Å²) in [5.41, 5.74) is 0.659. The van der Waals surface area contributed by atoms with E-state index in [1.54, 1.807) is 25.1 Å². The third kappa shape index (κ3) is 4.40. The van der Waals surface area contributed by atoms with Crippen molar-refractivity contribution >= 4 is 5.97 Å². The number of esters is 1. The first-order valence-electron chi connectivity index (χ1n) is 5.44. The number of rotatable bonds is 6. The van der Waals surface area contributed by atoms with Crippen LogP contribution >= 0.6 is 0 Å². The topological polar surface area (TPSA) is 42.9 Å². The van der Waals surface area contributed by atoms with Gasteiger partial charge in [-0.3, -0.25) is 4.79 Å². The van der Waals surface area contributed by atoms with E-state index in [1.807, 2.05) is 5.32 Å². The number of carbonyl (C=O) groups is 1. The molecule has 0 radical (unpaired) electrons. The number of nitrogens with two attached hydrogens (primary N) is 1. The van der Waals surface area contributed by atoms with Gasteiger partial charge in [-0.25, -0.2) is 4.39 Å². The number of quaternary nitrogens is 1. The van der Waals surface area contributed by atoms with Gasteiger partial charge in [0.2, 0.25) is 0 Å². The van der Waals surface area contributed by atoms with E-state index in [9.17, 15) is 9.18 Å². The van der Waals surface area contributed by atoms with Crippen LogP contribution < -0.4 is 5.32 Å². The van der Waals surface area contributed by atoms with Crippen LogP contribution in [0.25, 0.3) is 0 Å². The molecule has 2 N–H and O–H groups in total. The maximum Gasteiger partial charge on any atom is 0.311 e. The standard InChI is InChI=1S/C12H16FNO2/c1-2-16-12(15)7-8-14-9-10-5-3-4-6-11(10)13/h3-6,14H,2,7-9H2,1H3/p+1. The maximum atomic E-state index is 13.2. The van der Waals surface area contributed by atoms with Gasteiger partial charge in [-0.05, 0) is 13.0 Å². The van der Waals surface area contributed by atoms with Crippen molar-refractivity contribution in [3.8, 4) is 0 Å². The first kappa shape index (κ1) is 12.6. The van der Waals surface area contributed by atoms with Crippen molar-refractivity contribution in [1.82, 2.24) is 0 Å². The molecular formula is C12H17FNO2+. The van der Waals surface area contributed by atoms with Gasteiger partial charge in [0.15, 0.2) is 0 Å². The van der Waals surface area contributed by atoms with Crippen LogP contribution in [0, 0.1) is 5.82 Å². The SMILES string of the molecule is CCOC(=O)CC[NH2+]Cc1ccccc1F. The van der Waals surface area contributed by atoms with E-state index < -0.39 is 0 Å². The van der Waals surface area contributed by atoms with E-state index in [-0.39, 0.29) is 11.8 Å². The highest BCUT2D eigenvalue weighted by atomic mass is 19.1. The van der Waals surface area contributed by atoms with E-state index in [4.69, 9.17) is 4.74 Å². The first-order chi connectivity index (χ1) is 7.74. The summed E-state index contributed by atoms with van der Waals surface area (Å²) in [5, 5.41) is 1.90. The largest absolute Gasteiger partial charge is 0.466 e. The van der Waals surface area contributed by atoms with Crippen molar-refractivity contribution in [2.75, 3.05) is 13.2 Å². The Morgan fingerprint density at radius 1 is 1.44 bits per heavy atom. The molecule has 0 saturated carbocycles. The van der Waals surface area contributed by atoms with Crippen LogP contribution in [0.1, 0.15) is 18.9 Å². The molecule has 0 saturated heterocycles. The average Bonchev–Trinajstić information content (AvgIpc) is 2.27. The Hall–Kier alpha value is -1.42. The van der Waals surface area contributed by atoms with Crippen molar-refractivity contribution in [2.24, 2.45) is 0 Å². The molecule has 0 bridgehead atoms. The van der Waals surface area contributed by atoms with Gasteiger partial charge in [-0.15, -0.1) is 0 Å². The third-order valence-electron chi connectivity index (χ3n) is 2.18. The minimum absolute atomic E-state index is 0.199. The predicted octanol–water partition coefficient (Wildman–Crippen LogP) is 0.842. The van der Waals surface area contributed by atoms with Gasteiger partial charge < -0.3 is 10.1 Å². The quantitative estimate of drug-likeness (QED) is 0.577. The van der Waals surface area contributed by atoms with Crippen LogP contribution in [0.4, 0.5) is 4.39 Å². The van der Waals surface area contributed by atoms with Crippen molar-refractivity contribution in [3.63, 3.8) is 0 Å². The predicted molar refractivity (Wildman–Crippen MR) is 58.1 cm³/mol. The number of carbonyl (C=O) groups excluding carboxylic acids is 1. The number of ether oxygens (including phenoxy) is 1. The molecule has 16 heavy (non-hydrogen) atoms. The molecule has 0 unspecified atom stereocenters. The van der Waals surface area contributed by atoms with E-state index in [0.29, 0.717) is 31.7 Å². The van der Waals surface area contributed by atoms with Gasteiger partial charge in [0.1, 0.15) is 12.4 Å². The Morgan fingerprint density at radius 2 is 2.19 bits per heavy atom. The second kappa shape index (κ2) is 6.95.